The number of nitrogens with zero attached hydrogens (tertiary/aromatic N) is 1. The molecule has 2 aliphatic rings. The maximum absolute atomic E-state index is 11.9. The highest BCUT2D eigenvalue weighted by Gasteiger charge is 2.33. The SMILES string of the molecule is CN(CCC1CCNCC1)C1CC(NC(=O)OCc2ccccc2)C1. The first-order valence-corrected chi connectivity index (χ1v) is 9.59. The smallest absolute Gasteiger partial charge is 0.407 e. The van der Waals surface area contributed by atoms with Crippen molar-refractivity contribution in [3.63, 3.8) is 0 Å². The van der Waals surface area contributed by atoms with Gasteiger partial charge >= 0.3 is 6.09 Å². The number of benzene rings is 1. The van der Waals surface area contributed by atoms with E-state index in [4.69, 9.17) is 4.74 Å². The minimum atomic E-state index is -0.301. The standard InChI is InChI=1S/C20H31N3O2/c1-23(12-9-16-7-10-21-11-8-16)19-13-18(14-19)22-20(24)25-15-17-5-3-2-4-6-17/h2-6,16,18-19,21H,7-15H2,1H3,(H,22,24). The van der Waals surface area contributed by atoms with Crippen molar-refractivity contribution < 1.29 is 9.53 Å². The van der Waals surface area contributed by atoms with Crippen molar-refractivity contribution in [1.29, 1.82) is 0 Å². The second-order valence-electron chi connectivity index (χ2n) is 7.49. The van der Waals surface area contributed by atoms with Gasteiger partial charge in [0.15, 0.2) is 0 Å². The van der Waals surface area contributed by atoms with Crippen molar-refractivity contribution in [1.82, 2.24) is 15.5 Å². The lowest BCUT2D eigenvalue weighted by molar-refractivity contribution is 0.0944. The normalized spacial score (nSPS) is 23.9. The van der Waals surface area contributed by atoms with E-state index in [0.29, 0.717) is 12.6 Å². The third-order valence-corrected chi connectivity index (χ3v) is 5.62. The molecule has 0 aromatic heterocycles. The molecule has 2 fully saturated rings. The van der Waals surface area contributed by atoms with Crippen LogP contribution in [0.3, 0.4) is 0 Å². The average molecular weight is 345 g/mol. The number of rotatable bonds is 7. The maximum Gasteiger partial charge on any atom is 0.407 e. The van der Waals surface area contributed by atoms with Crippen molar-refractivity contribution in [3.05, 3.63) is 35.9 Å². The molecule has 0 bridgehead atoms. The van der Waals surface area contributed by atoms with Gasteiger partial charge in [-0.1, -0.05) is 30.3 Å². The Bertz CT molecular complexity index is 525. The van der Waals surface area contributed by atoms with E-state index in [-0.39, 0.29) is 12.1 Å². The molecule has 5 heteroatoms. The number of hydrogen-bond acceptors (Lipinski definition) is 4. The molecule has 1 aromatic rings. The Morgan fingerprint density at radius 2 is 1.96 bits per heavy atom. The summed E-state index contributed by atoms with van der Waals surface area (Å²) in [7, 11) is 2.22. The molecule has 1 amide bonds. The Labute approximate surface area is 151 Å². The van der Waals surface area contributed by atoms with E-state index in [1.54, 1.807) is 0 Å². The summed E-state index contributed by atoms with van der Waals surface area (Å²) in [6.07, 6.45) is 5.69. The summed E-state index contributed by atoms with van der Waals surface area (Å²) in [5, 5.41) is 6.41. The summed E-state index contributed by atoms with van der Waals surface area (Å²) < 4.78 is 5.29. The molecule has 1 heterocycles. The molecular weight excluding hydrogens is 314 g/mol. The summed E-state index contributed by atoms with van der Waals surface area (Å²) in [6.45, 7) is 3.85. The van der Waals surface area contributed by atoms with Gasteiger partial charge in [0.2, 0.25) is 0 Å². The number of alkyl carbamates (subject to hydrolysis) is 1. The molecule has 1 aliphatic carbocycles. The monoisotopic (exact) mass is 345 g/mol. The topological polar surface area (TPSA) is 53.6 Å². The molecule has 1 aromatic carbocycles. The highest BCUT2D eigenvalue weighted by Crippen LogP contribution is 2.26. The Morgan fingerprint density at radius 1 is 1.24 bits per heavy atom. The van der Waals surface area contributed by atoms with Crippen LogP contribution >= 0.6 is 0 Å². The lowest BCUT2D eigenvalue weighted by Gasteiger charge is -2.41. The maximum atomic E-state index is 11.9. The number of carbonyl (C=O) groups excluding carboxylic acids is 1. The van der Waals surface area contributed by atoms with E-state index in [2.05, 4.69) is 22.6 Å². The number of amides is 1. The average Bonchev–Trinajstić information content (AvgIpc) is 2.62. The summed E-state index contributed by atoms with van der Waals surface area (Å²) >= 11 is 0. The largest absolute Gasteiger partial charge is 0.445 e. The molecule has 0 radical (unpaired) electrons. The van der Waals surface area contributed by atoms with Crippen LogP contribution in [-0.4, -0.2) is 49.8 Å². The third-order valence-electron chi connectivity index (χ3n) is 5.62. The molecule has 0 atom stereocenters. The molecule has 5 nitrogen and oxygen atoms in total. The number of carbonyl (C=O) groups is 1. The van der Waals surface area contributed by atoms with Crippen molar-refractivity contribution in [2.75, 3.05) is 26.7 Å². The lowest BCUT2D eigenvalue weighted by atomic mass is 9.85. The van der Waals surface area contributed by atoms with Gasteiger partial charge in [-0.25, -0.2) is 4.79 Å². The summed E-state index contributed by atoms with van der Waals surface area (Å²) in [5.74, 6) is 0.880. The molecule has 1 saturated heterocycles. The first-order valence-electron chi connectivity index (χ1n) is 9.59. The molecule has 1 saturated carbocycles. The molecule has 3 rings (SSSR count). The van der Waals surface area contributed by atoms with Crippen molar-refractivity contribution >= 4 is 6.09 Å². The third kappa shape index (κ3) is 5.72. The molecule has 1 aliphatic heterocycles. The van der Waals surface area contributed by atoms with Gasteiger partial charge in [-0.3, -0.25) is 0 Å². The van der Waals surface area contributed by atoms with Crippen LogP contribution in [0.15, 0.2) is 30.3 Å². The lowest BCUT2D eigenvalue weighted by Crippen LogP contribution is -2.53. The van der Waals surface area contributed by atoms with Crippen LogP contribution in [0.5, 0.6) is 0 Å². The van der Waals surface area contributed by atoms with Crippen LogP contribution in [0.25, 0.3) is 0 Å². The van der Waals surface area contributed by atoms with E-state index in [1.165, 1.54) is 38.9 Å². The molecule has 0 unspecified atom stereocenters. The molecule has 0 spiro atoms. The zero-order chi connectivity index (χ0) is 17.5. The Morgan fingerprint density at radius 3 is 2.68 bits per heavy atom. The minimum Gasteiger partial charge on any atom is -0.445 e. The van der Waals surface area contributed by atoms with Gasteiger partial charge in [-0.05, 0) is 70.3 Å². The number of nitrogens with one attached hydrogen (secondary N) is 2. The Hall–Kier alpha value is -1.59. The summed E-state index contributed by atoms with van der Waals surface area (Å²) in [5.41, 5.74) is 1.02. The van der Waals surface area contributed by atoms with E-state index in [0.717, 1.165) is 24.3 Å². The molecular formula is C20H31N3O2. The molecule has 25 heavy (non-hydrogen) atoms. The van der Waals surface area contributed by atoms with E-state index >= 15 is 0 Å². The van der Waals surface area contributed by atoms with Gasteiger partial charge in [0, 0.05) is 12.1 Å². The number of piperidine rings is 1. The van der Waals surface area contributed by atoms with Gasteiger partial charge in [0.05, 0.1) is 0 Å². The van der Waals surface area contributed by atoms with Crippen molar-refractivity contribution in [2.45, 2.75) is 50.8 Å². The fraction of sp³-hybridized carbons (Fsp3) is 0.650. The predicted octanol–water partition coefficient (Wildman–Crippen LogP) is 2.77. The van der Waals surface area contributed by atoms with Crippen LogP contribution in [0.4, 0.5) is 4.79 Å². The van der Waals surface area contributed by atoms with Crippen LogP contribution in [-0.2, 0) is 11.3 Å². The van der Waals surface area contributed by atoms with Gasteiger partial charge in [0.25, 0.3) is 0 Å². The zero-order valence-corrected chi connectivity index (χ0v) is 15.2. The van der Waals surface area contributed by atoms with E-state index in [1.807, 2.05) is 30.3 Å². The molecule has 2 N–H and O–H groups in total. The van der Waals surface area contributed by atoms with Crippen LogP contribution in [0, 0.1) is 5.92 Å². The van der Waals surface area contributed by atoms with Gasteiger partial charge in [0.1, 0.15) is 6.61 Å². The fourth-order valence-corrected chi connectivity index (χ4v) is 3.74. The van der Waals surface area contributed by atoms with Crippen molar-refractivity contribution in [2.24, 2.45) is 5.92 Å². The van der Waals surface area contributed by atoms with Crippen molar-refractivity contribution in [3.8, 4) is 0 Å². The number of hydrogen-bond donors (Lipinski definition) is 2. The highest BCUT2D eigenvalue weighted by atomic mass is 16.5. The van der Waals surface area contributed by atoms with Gasteiger partial charge in [-0.2, -0.15) is 0 Å². The van der Waals surface area contributed by atoms with Gasteiger partial charge < -0.3 is 20.3 Å². The van der Waals surface area contributed by atoms with Crippen LogP contribution < -0.4 is 10.6 Å². The van der Waals surface area contributed by atoms with Gasteiger partial charge in [-0.15, -0.1) is 0 Å². The first-order chi connectivity index (χ1) is 12.2. The molecule has 138 valence electrons. The fourth-order valence-electron chi connectivity index (χ4n) is 3.74. The van der Waals surface area contributed by atoms with E-state index in [9.17, 15) is 4.79 Å². The highest BCUT2D eigenvalue weighted by molar-refractivity contribution is 5.67. The first kappa shape index (κ1) is 18.2. The quantitative estimate of drug-likeness (QED) is 0.798. The summed E-state index contributed by atoms with van der Waals surface area (Å²) in [4.78, 5) is 14.3. The zero-order valence-electron chi connectivity index (χ0n) is 15.2. The van der Waals surface area contributed by atoms with Crippen LogP contribution in [0.1, 0.15) is 37.7 Å². The summed E-state index contributed by atoms with van der Waals surface area (Å²) in [6, 6.07) is 10.6. The Kier molecular flexibility index (Phi) is 6.70. The predicted molar refractivity (Wildman–Crippen MR) is 99.4 cm³/mol. The van der Waals surface area contributed by atoms with Crippen LogP contribution in [0.2, 0.25) is 0 Å². The second-order valence-corrected chi connectivity index (χ2v) is 7.49. The Balaban J connectivity index is 1.27. The minimum absolute atomic E-state index is 0.259. The second kappa shape index (κ2) is 9.20. The van der Waals surface area contributed by atoms with E-state index < -0.39 is 0 Å². The number of ether oxygens (including phenoxy) is 1.